The van der Waals surface area contributed by atoms with Crippen LogP contribution in [0.1, 0.15) is 33.6 Å². The van der Waals surface area contributed by atoms with Gasteiger partial charge in [-0.3, -0.25) is 4.99 Å². The number of hydrogen-bond donors (Lipinski definition) is 1. The molecule has 2 unspecified atom stereocenters. The molecule has 2 aliphatic rings. The van der Waals surface area contributed by atoms with Gasteiger partial charge in [0, 0.05) is 37.2 Å². The molecule has 0 bridgehead atoms. The lowest BCUT2D eigenvalue weighted by atomic mass is 10.1. The predicted molar refractivity (Wildman–Crippen MR) is 103 cm³/mol. The Bertz CT molecular complexity index is 322. The molecule has 1 N–H and O–H groups in total. The molecule has 0 spiro atoms. The fourth-order valence-corrected chi connectivity index (χ4v) is 3.97. The molecular weight excluding hydrogens is 397 g/mol. The smallest absolute Gasteiger partial charge is 0.194 e. The van der Waals surface area contributed by atoms with Crippen LogP contribution in [0.25, 0.3) is 0 Å². The molecule has 0 aromatic heterocycles. The summed E-state index contributed by atoms with van der Waals surface area (Å²) in [6.45, 7) is 11.6. The van der Waals surface area contributed by atoms with E-state index in [4.69, 9.17) is 9.73 Å². The summed E-state index contributed by atoms with van der Waals surface area (Å²) < 4.78 is 5.67. The van der Waals surface area contributed by atoms with Crippen LogP contribution < -0.4 is 5.32 Å². The zero-order chi connectivity index (χ0) is 14.4. The van der Waals surface area contributed by atoms with Crippen LogP contribution in [-0.4, -0.2) is 60.8 Å². The zero-order valence-corrected chi connectivity index (χ0v) is 16.7. The molecule has 21 heavy (non-hydrogen) atoms. The second kappa shape index (κ2) is 10.2. The Balaban J connectivity index is 0.00000220. The summed E-state index contributed by atoms with van der Waals surface area (Å²) in [6, 6.07) is 0. The number of ether oxygens (including phenoxy) is 1. The van der Waals surface area contributed by atoms with Crippen molar-refractivity contribution in [1.82, 2.24) is 10.2 Å². The van der Waals surface area contributed by atoms with E-state index < -0.39 is 0 Å². The fraction of sp³-hybridized carbons (Fsp3) is 0.933. The van der Waals surface area contributed by atoms with Gasteiger partial charge in [-0.15, -0.1) is 24.0 Å². The van der Waals surface area contributed by atoms with Gasteiger partial charge in [-0.05, 0) is 25.7 Å². The minimum absolute atomic E-state index is 0. The number of halogens is 1. The van der Waals surface area contributed by atoms with Crippen LogP contribution in [0, 0.1) is 5.92 Å². The van der Waals surface area contributed by atoms with Gasteiger partial charge in [0.2, 0.25) is 0 Å². The second-order valence-electron chi connectivity index (χ2n) is 5.93. The SMILES string of the molecule is CCNC(=NCC1CCCO1)N1CCSC(C(C)C)C1.I. The van der Waals surface area contributed by atoms with E-state index in [9.17, 15) is 0 Å². The number of guanidine groups is 1. The third-order valence-electron chi connectivity index (χ3n) is 3.94. The Hall–Kier alpha value is 0.310. The van der Waals surface area contributed by atoms with Crippen molar-refractivity contribution in [2.75, 3.05) is 38.5 Å². The number of hydrogen-bond acceptors (Lipinski definition) is 3. The number of aliphatic imine (C=N–C) groups is 1. The van der Waals surface area contributed by atoms with E-state index in [0.717, 1.165) is 56.3 Å². The number of thioether (sulfide) groups is 1. The molecule has 0 aromatic carbocycles. The summed E-state index contributed by atoms with van der Waals surface area (Å²) in [5.74, 6) is 3.01. The van der Waals surface area contributed by atoms with Crippen LogP contribution in [-0.2, 0) is 4.74 Å². The van der Waals surface area contributed by atoms with Gasteiger partial charge in [0.1, 0.15) is 0 Å². The average Bonchev–Trinajstić information content (AvgIpc) is 2.97. The lowest BCUT2D eigenvalue weighted by Gasteiger charge is -2.36. The topological polar surface area (TPSA) is 36.9 Å². The Morgan fingerprint density at radius 1 is 1.48 bits per heavy atom. The van der Waals surface area contributed by atoms with Gasteiger partial charge in [0.25, 0.3) is 0 Å². The van der Waals surface area contributed by atoms with E-state index in [-0.39, 0.29) is 24.0 Å². The number of nitrogens with one attached hydrogen (secondary N) is 1. The predicted octanol–water partition coefficient (Wildman–Crippen LogP) is 2.82. The summed E-state index contributed by atoms with van der Waals surface area (Å²) in [7, 11) is 0. The van der Waals surface area contributed by atoms with Crippen molar-refractivity contribution in [2.24, 2.45) is 10.9 Å². The minimum atomic E-state index is 0. The summed E-state index contributed by atoms with van der Waals surface area (Å²) in [5, 5.41) is 4.16. The highest BCUT2D eigenvalue weighted by atomic mass is 127. The van der Waals surface area contributed by atoms with Gasteiger partial charge in [-0.25, -0.2) is 0 Å². The van der Waals surface area contributed by atoms with Crippen molar-refractivity contribution < 1.29 is 4.74 Å². The molecule has 0 aliphatic carbocycles. The third kappa shape index (κ3) is 6.14. The molecule has 0 aromatic rings. The van der Waals surface area contributed by atoms with E-state index in [0.29, 0.717) is 6.10 Å². The highest BCUT2D eigenvalue weighted by molar-refractivity contribution is 14.0. The number of rotatable bonds is 4. The van der Waals surface area contributed by atoms with Crippen LogP contribution in [0.3, 0.4) is 0 Å². The van der Waals surface area contributed by atoms with Crippen molar-refractivity contribution in [2.45, 2.75) is 45.0 Å². The first kappa shape index (κ1) is 19.4. The van der Waals surface area contributed by atoms with Gasteiger partial charge in [-0.1, -0.05) is 13.8 Å². The lowest BCUT2D eigenvalue weighted by Crippen LogP contribution is -2.49. The Labute approximate surface area is 150 Å². The molecular formula is C15H30IN3OS. The van der Waals surface area contributed by atoms with Crippen LogP contribution in [0.5, 0.6) is 0 Å². The molecule has 0 radical (unpaired) electrons. The van der Waals surface area contributed by atoms with Crippen molar-refractivity contribution >= 4 is 41.7 Å². The normalized spacial score (nSPS) is 26.9. The van der Waals surface area contributed by atoms with Gasteiger partial charge in [0.05, 0.1) is 12.6 Å². The standard InChI is InChI=1S/C15H29N3OS.HI/c1-4-16-15(17-10-13-6-5-8-19-13)18-7-9-20-14(11-18)12(2)3;/h12-14H,4-11H2,1-3H3,(H,16,17);1H. The van der Waals surface area contributed by atoms with Gasteiger partial charge >= 0.3 is 0 Å². The third-order valence-corrected chi connectivity index (χ3v) is 5.48. The first-order chi connectivity index (χ1) is 9.70. The average molecular weight is 427 g/mol. The fourth-order valence-electron chi connectivity index (χ4n) is 2.67. The Morgan fingerprint density at radius 2 is 2.29 bits per heavy atom. The molecule has 6 heteroatoms. The first-order valence-corrected chi connectivity index (χ1v) is 9.02. The largest absolute Gasteiger partial charge is 0.376 e. The second-order valence-corrected chi connectivity index (χ2v) is 7.28. The van der Waals surface area contributed by atoms with Crippen LogP contribution >= 0.6 is 35.7 Å². The lowest BCUT2D eigenvalue weighted by molar-refractivity contribution is 0.117. The molecule has 2 heterocycles. The van der Waals surface area contributed by atoms with E-state index in [2.05, 4.69) is 42.7 Å². The highest BCUT2D eigenvalue weighted by Gasteiger charge is 2.25. The van der Waals surface area contributed by atoms with Crippen molar-refractivity contribution in [3.63, 3.8) is 0 Å². The summed E-state index contributed by atoms with van der Waals surface area (Å²) in [6.07, 6.45) is 2.68. The van der Waals surface area contributed by atoms with Crippen LogP contribution in [0.4, 0.5) is 0 Å². The molecule has 2 atom stereocenters. The summed E-state index contributed by atoms with van der Waals surface area (Å²) in [4.78, 5) is 7.24. The van der Waals surface area contributed by atoms with Crippen LogP contribution in [0.15, 0.2) is 4.99 Å². The maximum Gasteiger partial charge on any atom is 0.194 e. The number of nitrogens with zero attached hydrogens (tertiary/aromatic N) is 2. The summed E-state index contributed by atoms with van der Waals surface area (Å²) in [5.41, 5.74) is 0. The van der Waals surface area contributed by atoms with Gasteiger partial charge in [-0.2, -0.15) is 11.8 Å². The minimum Gasteiger partial charge on any atom is -0.376 e. The van der Waals surface area contributed by atoms with Gasteiger partial charge in [0.15, 0.2) is 5.96 Å². The molecule has 2 aliphatic heterocycles. The molecule has 4 nitrogen and oxygen atoms in total. The molecule has 2 fully saturated rings. The van der Waals surface area contributed by atoms with Crippen molar-refractivity contribution in [3.05, 3.63) is 0 Å². The quantitative estimate of drug-likeness (QED) is 0.426. The first-order valence-electron chi connectivity index (χ1n) is 7.97. The Kier molecular flexibility index (Phi) is 9.36. The summed E-state index contributed by atoms with van der Waals surface area (Å²) >= 11 is 2.10. The van der Waals surface area contributed by atoms with Gasteiger partial charge < -0.3 is 15.0 Å². The Morgan fingerprint density at radius 3 is 2.90 bits per heavy atom. The molecule has 0 saturated carbocycles. The molecule has 0 amide bonds. The maximum atomic E-state index is 5.67. The van der Waals surface area contributed by atoms with E-state index in [1.54, 1.807) is 0 Å². The molecule has 2 saturated heterocycles. The maximum absolute atomic E-state index is 5.67. The molecule has 2 rings (SSSR count). The van der Waals surface area contributed by atoms with Crippen LogP contribution in [0.2, 0.25) is 0 Å². The van der Waals surface area contributed by atoms with E-state index in [1.165, 1.54) is 12.2 Å². The van der Waals surface area contributed by atoms with E-state index in [1.807, 2.05) is 0 Å². The molecule has 124 valence electrons. The van der Waals surface area contributed by atoms with Crippen molar-refractivity contribution in [1.29, 1.82) is 0 Å². The highest BCUT2D eigenvalue weighted by Crippen LogP contribution is 2.25. The zero-order valence-electron chi connectivity index (χ0n) is 13.5. The van der Waals surface area contributed by atoms with Crippen molar-refractivity contribution in [3.8, 4) is 0 Å². The van der Waals surface area contributed by atoms with E-state index >= 15 is 0 Å². The monoisotopic (exact) mass is 427 g/mol.